The molecule has 0 radical (unpaired) electrons. The molecule has 0 amide bonds. The molecular formula is C18H20N4O. The second-order valence-electron chi connectivity index (χ2n) is 5.00. The topological polar surface area (TPSA) is 52.3 Å². The van der Waals surface area contributed by atoms with Crippen LogP contribution in [0.2, 0.25) is 0 Å². The van der Waals surface area contributed by atoms with Crippen LogP contribution in [0.5, 0.6) is 0 Å². The van der Waals surface area contributed by atoms with Gasteiger partial charge in [0.1, 0.15) is 7.11 Å². The van der Waals surface area contributed by atoms with Gasteiger partial charge in [-0.3, -0.25) is 4.98 Å². The molecule has 0 N–H and O–H groups in total. The summed E-state index contributed by atoms with van der Waals surface area (Å²) in [4.78, 5) is 13.4. The smallest absolute Gasteiger partial charge is 0.106 e. The first-order valence-electron chi connectivity index (χ1n) is 7.36. The van der Waals surface area contributed by atoms with Gasteiger partial charge in [-0.15, -0.1) is 0 Å². The van der Waals surface area contributed by atoms with Crippen LogP contribution in [0, 0.1) is 11.8 Å². The average molecular weight is 308 g/mol. The van der Waals surface area contributed by atoms with Crippen LogP contribution in [-0.2, 0) is 11.4 Å². The SMILES string of the molecule is CC=C(C)C#Cc1ccc(C(C=NOC)Cn2ccnc2)nc1. The highest BCUT2D eigenvalue weighted by molar-refractivity contribution is 5.66. The highest BCUT2D eigenvalue weighted by atomic mass is 16.6. The summed E-state index contributed by atoms with van der Waals surface area (Å²) in [6, 6.07) is 3.94. The van der Waals surface area contributed by atoms with Crippen molar-refractivity contribution in [1.82, 2.24) is 14.5 Å². The first-order chi connectivity index (χ1) is 11.2. The van der Waals surface area contributed by atoms with Crippen molar-refractivity contribution in [3.8, 4) is 11.8 Å². The minimum absolute atomic E-state index is 0.00318. The molecule has 0 aliphatic rings. The maximum Gasteiger partial charge on any atom is 0.106 e. The molecule has 2 rings (SSSR count). The van der Waals surface area contributed by atoms with E-state index >= 15 is 0 Å². The van der Waals surface area contributed by atoms with Gasteiger partial charge >= 0.3 is 0 Å². The van der Waals surface area contributed by atoms with Gasteiger partial charge in [-0.25, -0.2) is 4.98 Å². The molecule has 0 fully saturated rings. The van der Waals surface area contributed by atoms with Gasteiger partial charge in [0.05, 0.1) is 24.2 Å². The van der Waals surface area contributed by atoms with Gasteiger partial charge in [0.25, 0.3) is 0 Å². The molecular weight excluding hydrogens is 288 g/mol. The molecule has 1 atom stereocenters. The quantitative estimate of drug-likeness (QED) is 0.485. The fourth-order valence-corrected chi connectivity index (χ4v) is 1.91. The molecule has 5 nitrogen and oxygen atoms in total. The summed E-state index contributed by atoms with van der Waals surface area (Å²) in [5.41, 5.74) is 2.84. The third kappa shape index (κ3) is 5.11. The number of pyridine rings is 1. The predicted molar refractivity (Wildman–Crippen MR) is 91.0 cm³/mol. The summed E-state index contributed by atoms with van der Waals surface area (Å²) in [6.45, 7) is 4.65. The average Bonchev–Trinajstić information content (AvgIpc) is 3.10. The van der Waals surface area contributed by atoms with E-state index in [1.807, 2.05) is 42.8 Å². The van der Waals surface area contributed by atoms with Crippen molar-refractivity contribution in [3.05, 3.63) is 60.0 Å². The van der Waals surface area contributed by atoms with Crippen LogP contribution in [0.25, 0.3) is 0 Å². The van der Waals surface area contributed by atoms with E-state index in [9.17, 15) is 0 Å². The number of nitrogens with zero attached hydrogens (tertiary/aromatic N) is 4. The van der Waals surface area contributed by atoms with Gasteiger partial charge in [0.2, 0.25) is 0 Å². The fraction of sp³-hybridized carbons (Fsp3) is 0.278. The molecule has 0 spiro atoms. The van der Waals surface area contributed by atoms with Crippen molar-refractivity contribution >= 4 is 6.21 Å². The zero-order valence-electron chi connectivity index (χ0n) is 13.6. The lowest BCUT2D eigenvalue weighted by Gasteiger charge is -2.12. The Kier molecular flexibility index (Phi) is 6.13. The van der Waals surface area contributed by atoms with Crippen LogP contribution < -0.4 is 0 Å². The van der Waals surface area contributed by atoms with Gasteiger partial charge in [0.15, 0.2) is 0 Å². The Morgan fingerprint density at radius 3 is 2.96 bits per heavy atom. The Bertz CT molecular complexity index is 719. The second kappa shape index (κ2) is 8.54. The van der Waals surface area contributed by atoms with Crippen LogP contribution in [-0.4, -0.2) is 27.9 Å². The molecule has 2 aromatic heterocycles. The lowest BCUT2D eigenvalue weighted by atomic mass is 10.1. The number of rotatable bonds is 5. The van der Waals surface area contributed by atoms with Crippen molar-refractivity contribution in [2.45, 2.75) is 26.3 Å². The maximum absolute atomic E-state index is 4.80. The molecule has 0 saturated heterocycles. The van der Waals surface area contributed by atoms with Gasteiger partial charge in [0, 0.05) is 30.7 Å². The Morgan fingerprint density at radius 1 is 1.48 bits per heavy atom. The fourth-order valence-electron chi connectivity index (χ4n) is 1.91. The Morgan fingerprint density at radius 2 is 2.35 bits per heavy atom. The van der Waals surface area contributed by atoms with Gasteiger partial charge in [-0.05, 0) is 31.6 Å². The van der Waals surface area contributed by atoms with E-state index in [-0.39, 0.29) is 5.92 Å². The first kappa shape index (κ1) is 16.5. The largest absolute Gasteiger partial charge is 0.399 e. The monoisotopic (exact) mass is 308 g/mol. The molecule has 0 aliphatic carbocycles. The Hall–Kier alpha value is -2.87. The Labute approximate surface area is 136 Å². The summed E-state index contributed by atoms with van der Waals surface area (Å²) in [6.07, 6.45) is 10.9. The van der Waals surface area contributed by atoms with E-state index in [1.54, 1.807) is 24.9 Å². The zero-order chi connectivity index (χ0) is 16.5. The molecule has 1 unspecified atom stereocenters. The molecule has 2 aromatic rings. The summed E-state index contributed by atoms with van der Waals surface area (Å²) >= 11 is 0. The predicted octanol–water partition coefficient (Wildman–Crippen LogP) is 3.01. The first-order valence-corrected chi connectivity index (χ1v) is 7.36. The summed E-state index contributed by atoms with van der Waals surface area (Å²) in [5.74, 6) is 6.18. The third-order valence-electron chi connectivity index (χ3n) is 3.32. The summed E-state index contributed by atoms with van der Waals surface area (Å²) in [7, 11) is 1.53. The number of allylic oxidation sites excluding steroid dienone is 2. The normalized spacial score (nSPS) is 12.7. The van der Waals surface area contributed by atoms with Crippen LogP contribution in [0.1, 0.15) is 31.0 Å². The number of imidazole rings is 1. The molecule has 0 bridgehead atoms. The maximum atomic E-state index is 4.80. The van der Waals surface area contributed by atoms with Crippen LogP contribution in [0.15, 0.2) is 53.9 Å². The van der Waals surface area contributed by atoms with E-state index in [0.717, 1.165) is 16.8 Å². The van der Waals surface area contributed by atoms with Gasteiger partial charge in [-0.1, -0.05) is 23.1 Å². The molecule has 5 heteroatoms. The lowest BCUT2D eigenvalue weighted by Crippen LogP contribution is -2.11. The molecule has 2 heterocycles. The van der Waals surface area contributed by atoms with Crippen molar-refractivity contribution in [3.63, 3.8) is 0 Å². The van der Waals surface area contributed by atoms with Crippen LogP contribution in [0.4, 0.5) is 0 Å². The van der Waals surface area contributed by atoms with Crippen molar-refractivity contribution < 1.29 is 4.84 Å². The highest BCUT2D eigenvalue weighted by Gasteiger charge is 2.11. The summed E-state index contributed by atoms with van der Waals surface area (Å²) in [5, 5.41) is 3.89. The third-order valence-corrected chi connectivity index (χ3v) is 3.32. The van der Waals surface area contributed by atoms with Crippen molar-refractivity contribution in [2.24, 2.45) is 5.16 Å². The van der Waals surface area contributed by atoms with E-state index in [4.69, 9.17) is 4.84 Å². The second-order valence-corrected chi connectivity index (χ2v) is 5.00. The van der Waals surface area contributed by atoms with Gasteiger partial charge in [-0.2, -0.15) is 0 Å². The van der Waals surface area contributed by atoms with Crippen molar-refractivity contribution in [2.75, 3.05) is 7.11 Å². The Balaban J connectivity index is 2.18. The molecule has 23 heavy (non-hydrogen) atoms. The van der Waals surface area contributed by atoms with Crippen molar-refractivity contribution in [1.29, 1.82) is 0 Å². The lowest BCUT2D eigenvalue weighted by molar-refractivity contribution is 0.214. The molecule has 118 valence electrons. The number of hydrogen-bond acceptors (Lipinski definition) is 4. The minimum Gasteiger partial charge on any atom is -0.399 e. The number of hydrogen-bond donors (Lipinski definition) is 0. The molecule has 0 saturated carbocycles. The van der Waals surface area contributed by atoms with Crippen LogP contribution >= 0.6 is 0 Å². The van der Waals surface area contributed by atoms with E-state index < -0.39 is 0 Å². The highest BCUT2D eigenvalue weighted by Crippen LogP contribution is 2.14. The standard InChI is InChI=1S/C18H20N4O/c1-4-15(2)5-6-16-7-8-18(20-11-16)17(12-21-23-3)13-22-10-9-19-14-22/h4,7-12,14,17H,13H2,1-3H3. The van der Waals surface area contributed by atoms with E-state index in [1.165, 1.54) is 7.11 Å². The summed E-state index contributed by atoms with van der Waals surface area (Å²) < 4.78 is 1.98. The number of oxime groups is 1. The van der Waals surface area contributed by atoms with Crippen LogP contribution in [0.3, 0.4) is 0 Å². The van der Waals surface area contributed by atoms with Gasteiger partial charge < -0.3 is 9.40 Å². The number of aromatic nitrogens is 3. The molecule has 0 aromatic carbocycles. The zero-order valence-corrected chi connectivity index (χ0v) is 13.6. The van der Waals surface area contributed by atoms with E-state index in [0.29, 0.717) is 6.54 Å². The minimum atomic E-state index is 0.00318. The molecule has 0 aliphatic heterocycles. The van der Waals surface area contributed by atoms with E-state index in [2.05, 4.69) is 27.0 Å².